The number of benzene rings is 1. The van der Waals surface area contributed by atoms with E-state index >= 15 is 0 Å². The number of aryl methyl sites for hydroxylation is 1. The third kappa shape index (κ3) is 3.35. The number of methoxy groups -OCH3 is 1. The van der Waals surface area contributed by atoms with Crippen LogP contribution in [-0.4, -0.2) is 23.6 Å². The number of aromatic nitrogens is 2. The van der Waals surface area contributed by atoms with Crippen molar-refractivity contribution in [3.8, 4) is 17.1 Å². The number of anilines is 1. The first-order chi connectivity index (χ1) is 10.1. The lowest BCUT2D eigenvalue weighted by atomic mass is 10.1. The lowest BCUT2D eigenvalue weighted by Gasteiger charge is -2.14. The van der Waals surface area contributed by atoms with Crippen LogP contribution in [0.5, 0.6) is 5.75 Å². The normalized spacial score (nSPS) is 10.5. The van der Waals surface area contributed by atoms with Crippen molar-refractivity contribution < 1.29 is 4.74 Å². The molecule has 5 heteroatoms. The zero-order valence-electron chi connectivity index (χ0n) is 12.8. The Morgan fingerprint density at radius 2 is 2.00 bits per heavy atom. The van der Waals surface area contributed by atoms with E-state index in [2.05, 4.69) is 47.0 Å². The molecule has 0 aliphatic carbocycles. The summed E-state index contributed by atoms with van der Waals surface area (Å²) in [7, 11) is 1.66. The average Bonchev–Trinajstić information content (AvgIpc) is 2.49. The topological polar surface area (TPSA) is 47.0 Å². The van der Waals surface area contributed by atoms with Gasteiger partial charge >= 0.3 is 0 Å². The molecule has 4 nitrogen and oxygen atoms in total. The van der Waals surface area contributed by atoms with E-state index in [4.69, 9.17) is 9.72 Å². The molecule has 21 heavy (non-hydrogen) atoms. The van der Waals surface area contributed by atoms with Crippen LogP contribution in [-0.2, 0) is 6.42 Å². The number of nitrogens with one attached hydrogen (secondary N) is 1. The van der Waals surface area contributed by atoms with Crippen molar-refractivity contribution >= 4 is 21.7 Å². The minimum Gasteiger partial charge on any atom is -0.496 e. The van der Waals surface area contributed by atoms with Crippen LogP contribution in [0.2, 0.25) is 0 Å². The van der Waals surface area contributed by atoms with Gasteiger partial charge in [0.1, 0.15) is 11.6 Å². The molecule has 1 aromatic carbocycles. The maximum absolute atomic E-state index is 5.44. The Morgan fingerprint density at radius 3 is 2.62 bits per heavy atom. The molecule has 0 fully saturated rings. The molecule has 2 rings (SSSR count). The molecule has 0 unspecified atom stereocenters. The van der Waals surface area contributed by atoms with E-state index in [0.717, 1.165) is 45.8 Å². The molecular formula is C16H20BrN3O. The van der Waals surface area contributed by atoms with E-state index in [1.807, 2.05) is 18.2 Å². The van der Waals surface area contributed by atoms with Crippen LogP contribution in [0.3, 0.4) is 0 Å². The number of hydrogen-bond acceptors (Lipinski definition) is 4. The van der Waals surface area contributed by atoms with Gasteiger partial charge in [-0.05, 0) is 38.5 Å². The smallest absolute Gasteiger partial charge is 0.165 e. The van der Waals surface area contributed by atoms with Gasteiger partial charge in [0.25, 0.3) is 0 Å². The fourth-order valence-electron chi connectivity index (χ4n) is 2.22. The van der Waals surface area contributed by atoms with Crippen molar-refractivity contribution in [1.29, 1.82) is 0 Å². The van der Waals surface area contributed by atoms with Crippen molar-refractivity contribution in [3.05, 3.63) is 33.9 Å². The first-order valence-corrected chi connectivity index (χ1v) is 7.85. The summed E-state index contributed by atoms with van der Waals surface area (Å²) in [6.45, 7) is 7.05. The predicted molar refractivity (Wildman–Crippen MR) is 90.0 cm³/mol. The highest BCUT2D eigenvalue weighted by Gasteiger charge is 2.14. The van der Waals surface area contributed by atoms with Gasteiger partial charge in [-0.2, -0.15) is 0 Å². The summed E-state index contributed by atoms with van der Waals surface area (Å²) in [5.74, 6) is 2.35. The number of halogens is 1. The van der Waals surface area contributed by atoms with E-state index in [1.54, 1.807) is 7.11 Å². The lowest BCUT2D eigenvalue weighted by Crippen LogP contribution is -2.08. The van der Waals surface area contributed by atoms with Crippen molar-refractivity contribution in [1.82, 2.24) is 9.97 Å². The second-order valence-corrected chi connectivity index (χ2v) is 5.61. The third-order valence-electron chi connectivity index (χ3n) is 3.33. The van der Waals surface area contributed by atoms with Crippen LogP contribution in [0.25, 0.3) is 11.4 Å². The van der Waals surface area contributed by atoms with Gasteiger partial charge in [0.05, 0.1) is 12.7 Å². The minimum atomic E-state index is 0.687. The molecule has 1 N–H and O–H groups in total. The Morgan fingerprint density at radius 1 is 1.24 bits per heavy atom. The van der Waals surface area contributed by atoms with E-state index in [1.165, 1.54) is 0 Å². The molecular weight excluding hydrogens is 330 g/mol. The number of rotatable bonds is 5. The fraction of sp³-hybridized carbons (Fsp3) is 0.375. The van der Waals surface area contributed by atoms with Gasteiger partial charge in [-0.1, -0.05) is 22.9 Å². The molecule has 112 valence electrons. The largest absolute Gasteiger partial charge is 0.496 e. The second-order valence-electron chi connectivity index (χ2n) is 4.70. The molecule has 0 atom stereocenters. The molecule has 0 bridgehead atoms. The SMILES string of the molecule is CCNc1nc(-c2cc(Br)ccc2OC)nc(CC)c1C. The van der Waals surface area contributed by atoms with Gasteiger partial charge < -0.3 is 10.1 Å². The first-order valence-electron chi connectivity index (χ1n) is 7.06. The number of nitrogens with zero attached hydrogens (tertiary/aromatic N) is 2. The Bertz CT molecular complexity index is 644. The zero-order chi connectivity index (χ0) is 15.4. The van der Waals surface area contributed by atoms with Crippen molar-refractivity contribution in [2.24, 2.45) is 0 Å². The first kappa shape index (κ1) is 15.8. The molecule has 1 heterocycles. The van der Waals surface area contributed by atoms with Gasteiger partial charge in [-0.25, -0.2) is 9.97 Å². The van der Waals surface area contributed by atoms with Gasteiger partial charge in [0.15, 0.2) is 5.82 Å². The second kappa shape index (κ2) is 6.89. The van der Waals surface area contributed by atoms with Gasteiger partial charge in [-0.15, -0.1) is 0 Å². The van der Waals surface area contributed by atoms with Crippen LogP contribution in [0, 0.1) is 6.92 Å². The molecule has 0 amide bonds. The Labute approximate surface area is 134 Å². The molecule has 1 aromatic heterocycles. The average molecular weight is 350 g/mol. The molecule has 0 saturated carbocycles. The standard InChI is InChI=1S/C16H20BrN3O/c1-5-13-10(3)15(18-6-2)20-16(19-13)12-9-11(17)7-8-14(12)21-4/h7-9H,5-6H2,1-4H3,(H,18,19,20). The molecule has 0 spiro atoms. The fourth-order valence-corrected chi connectivity index (χ4v) is 2.58. The summed E-state index contributed by atoms with van der Waals surface area (Å²) in [4.78, 5) is 9.37. The van der Waals surface area contributed by atoms with E-state index in [-0.39, 0.29) is 0 Å². The number of ether oxygens (including phenoxy) is 1. The summed E-state index contributed by atoms with van der Waals surface area (Å²) in [6, 6.07) is 5.85. The summed E-state index contributed by atoms with van der Waals surface area (Å²) in [5.41, 5.74) is 3.05. The monoisotopic (exact) mass is 349 g/mol. The van der Waals surface area contributed by atoms with Gasteiger partial charge in [0, 0.05) is 22.3 Å². The van der Waals surface area contributed by atoms with Gasteiger partial charge in [-0.3, -0.25) is 0 Å². The zero-order valence-corrected chi connectivity index (χ0v) is 14.4. The molecule has 0 aliphatic rings. The Hall–Kier alpha value is -1.62. The summed E-state index contributed by atoms with van der Waals surface area (Å²) >= 11 is 3.50. The van der Waals surface area contributed by atoms with Crippen LogP contribution in [0.4, 0.5) is 5.82 Å². The molecule has 0 aliphatic heterocycles. The predicted octanol–water partition coefficient (Wildman–Crippen LogP) is 4.22. The highest BCUT2D eigenvalue weighted by molar-refractivity contribution is 9.10. The van der Waals surface area contributed by atoms with E-state index in [0.29, 0.717) is 5.82 Å². The lowest BCUT2D eigenvalue weighted by molar-refractivity contribution is 0.416. The van der Waals surface area contributed by atoms with E-state index in [9.17, 15) is 0 Å². The van der Waals surface area contributed by atoms with Gasteiger partial charge in [0.2, 0.25) is 0 Å². The third-order valence-corrected chi connectivity index (χ3v) is 3.82. The Kier molecular flexibility index (Phi) is 5.17. The number of hydrogen-bond donors (Lipinski definition) is 1. The van der Waals surface area contributed by atoms with Crippen molar-refractivity contribution in [2.45, 2.75) is 27.2 Å². The van der Waals surface area contributed by atoms with Crippen molar-refractivity contribution in [2.75, 3.05) is 19.0 Å². The summed E-state index contributed by atoms with van der Waals surface area (Å²) < 4.78 is 6.41. The van der Waals surface area contributed by atoms with Crippen molar-refractivity contribution in [3.63, 3.8) is 0 Å². The van der Waals surface area contributed by atoms with Crippen LogP contribution < -0.4 is 10.1 Å². The molecule has 0 saturated heterocycles. The maximum atomic E-state index is 5.44. The van der Waals surface area contributed by atoms with Crippen LogP contribution in [0.1, 0.15) is 25.1 Å². The van der Waals surface area contributed by atoms with E-state index < -0.39 is 0 Å². The Balaban J connectivity index is 2.63. The minimum absolute atomic E-state index is 0.687. The maximum Gasteiger partial charge on any atom is 0.165 e. The quantitative estimate of drug-likeness (QED) is 0.877. The summed E-state index contributed by atoms with van der Waals surface area (Å²) in [6.07, 6.45) is 0.871. The summed E-state index contributed by atoms with van der Waals surface area (Å²) in [5, 5.41) is 3.31. The highest BCUT2D eigenvalue weighted by Crippen LogP contribution is 2.32. The highest BCUT2D eigenvalue weighted by atomic mass is 79.9. The van der Waals surface area contributed by atoms with Crippen LogP contribution >= 0.6 is 15.9 Å². The molecule has 2 aromatic rings. The van der Waals surface area contributed by atoms with Crippen LogP contribution in [0.15, 0.2) is 22.7 Å². The molecule has 0 radical (unpaired) electrons.